The van der Waals surface area contributed by atoms with Crippen LogP contribution >= 0.6 is 0 Å². The Morgan fingerprint density at radius 1 is 1.00 bits per heavy atom. The van der Waals surface area contributed by atoms with Crippen LogP contribution in [0.15, 0.2) is 48.5 Å². The standard InChI is InChI=1S/C22H26F2N2O2/c23-19-9-10-21(20(24)16-19)28-15-4-8-22(27)26-12-5-11-25(13-14-26)17-18-6-2-1-3-7-18/h1-3,6-7,9-10,16H,4-5,8,11-15,17H2. The van der Waals surface area contributed by atoms with Crippen LogP contribution in [0.1, 0.15) is 24.8 Å². The first-order valence-electron chi connectivity index (χ1n) is 9.74. The zero-order valence-corrected chi connectivity index (χ0v) is 15.9. The zero-order chi connectivity index (χ0) is 19.8. The van der Waals surface area contributed by atoms with Gasteiger partial charge in [-0.3, -0.25) is 9.69 Å². The van der Waals surface area contributed by atoms with Gasteiger partial charge in [-0.05, 0) is 30.5 Å². The summed E-state index contributed by atoms with van der Waals surface area (Å²) in [7, 11) is 0. The molecule has 4 nitrogen and oxygen atoms in total. The normalized spacial score (nSPS) is 15.3. The molecule has 2 aromatic rings. The van der Waals surface area contributed by atoms with Crippen LogP contribution < -0.4 is 4.74 Å². The molecule has 0 spiro atoms. The largest absolute Gasteiger partial charge is 0.491 e. The van der Waals surface area contributed by atoms with Crippen molar-refractivity contribution >= 4 is 5.91 Å². The van der Waals surface area contributed by atoms with Gasteiger partial charge in [-0.2, -0.15) is 0 Å². The number of hydrogen-bond donors (Lipinski definition) is 0. The molecule has 0 N–H and O–H groups in total. The van der Waals surface area contributed by atoms with Gasteiger partial charge in [0.2, 0.25) is 5.91 Å². The average Bonchev–Trinajstić information content (AvgIpc) is 2.93. The van der Waals surface area contributed by atoms with Crippen molar-refractivity contribution in [3.05, 3.63) is 65.7 Å². The molecule has 0 saturated carbocycles. The molecule has 1 aliphatic heterocycles. The molecule has 0 atom stereocenters. The third-order valence-electron chi connectivity index (χ3n) is 4.88. The quantitative estimate of drug-likeness (QED) is 0.676. The van der Waals surface area contributed by atoms with Crippen molar-refractivity contribution in [2.45, 2.75) is 25.8 Å². The summed E-state index contributed by atoms with van der Waals surface area (Å²) in [5, 5.41) is 0. The second-order valence-electron chi connectivity index (χ2n) is 7.02. The summed E-state index contributed by atoms with van der Waals surface area (Å²) in [5.41, 5.74) is 1.28. The Kier molecular flexibility index (Phi) is 7.37. The summed E-state index contributed by atoms with van der Waals surface area (Å²) in [5.74, 6) is -1.25. The van der Waals surface area contributed by atoms with Crippen molar-refractivity contribution in [1.29, 1.82) is 0 Å². The molecule has 28 heavy (non-hydrogen) atoms. The zero-order valence-electron chi connectivity index (χ0n) is 15.9. The van der Waals surface area contributed by atoms with Gasteiger partial charge in [0.25, 0.3) is 0 Å². The van der Waals surface area contributed by atoms with Crippen LogP contribution in [-0.4, -0.2) is 48.5 Å². The third-order valence-corrected chi connectivity index (χ3v) is 4.88. The summed E-state index contributed by atoms with van der Waals surface area (Å²) in [6.45, 7) is 4.45. The van der Waals surface area contributed by atoms with E-state index in [-0.39, 0.29) is 18.3 Å². The maximum absolute atomic E-state index is 13.5. The smallest absolute Gasteiger partial charge is 0.222 e. The summed E-state index contributed by atoms with van der Waals surface area (Å²) < 4.78 is 31.7. The highest BCUT2D eigenvalue weighted by Gasteiger charge is 2.19. The van der Waals surface area contributed by atoms with Crippen molar-refractivity contribution in [2.75, 3.05) is 32.8 Å². The number of ether oxygens (including phenoxy) is 1. The van der Waals surface area contributed by atoms with Gasteiger partial charge in [-0.15, -0.1) is 0 Å². The van der Waals surface area contributed by atoms with E-state index in [1.165, 1.54) is 11.6 Å². The molecule has 0 bridgehead atoms. The molecule has 0 aliphatic carbocycles. The van der Waals surface area contributed by atoms with Crippen LogP contribution in [0.5, 0.6) is 5.75 Å². The lowest BCUT2D eigenvalue weighted by Gasteiger charge is -2.22. The first kappa shape index (κ1) is 20.3. The molecule has 0 aromatic heterocycles. The van der Waals surface area contributed by atoms with Gasteiger partial charge in [0.15, 0.2) is 11.6 Å². The minimum atomic E-state index is -0.725. The number of hydrogen-bond acceptors (Lipinski definition) is 3. The number of nitrogens with zero attached hydrogens (tertiary/aromatic N) is 2. The molecule has 1 fully saturated rings. The Balaban J connectivity index is 1.38. The lowest BCUT2D eigenvalue weighted by molar-refractivity contribution is -0.131. The van der Waals surface area contributed by atoms with Gasteiger partial charge >= 0.3 is 0 Å². The van der Waals surface area contributed by atoms with Crippen molar-refractivity contribution in [3.8, 4) is 5.75 Å². The number of rotatable bonds is 7. The molecule has 2 aromatic carbocycles. The molecule has 1 heterocycles. The van der Waals surface area contributed by atoms with Crippen molar-refractivity contribution in [1.82, 2.24) is 9.80 Å². The SMILES string of the molecule is O=C(CCCOc1ccc(F)cc1F)N1CCCN(Cc2ccccc2)CC1. The minimum absolute atomic E-state index is 0.0141. The van der Waals surface area contributed by atoms with E-state index in [1.54, 1.807) is 0 Å². The second-order valence-corrected chi connectivity index (χ2v) is 7.02. The monoisotopic (exact) mass is 388 g/mol. The van der Waals surface area contributed by atoms with Crippen molar-refractivity contribution < 1.29 is 18.3 Å². The maximum atomic E-state index is 13.5. The molecule has 6 heteroatoms. The Hall–Kier alpha value is -2.47. The lowest BCUT2D eigenvalue weighted by atomic mass is 10.2. The first-order valence-corrected chi connectivity index (χ1v) is 9.74. The van der Waals surface area contributed by atoms with Crippen LogP contribution in [0.25, 0.3) is 0 Å². The first-order chi connectivity index (χ1) is 13.6. The van der Waals surface area contributed by atoms with E-state index in [1.807, 2.05) is 23.1 Å². The molecule has 1 aliphatic rings. The van der Waals surface area contributed by atoms with Gasteiger partial charge in [0.05, 0.1) is 6.61 Å². The van der Waals surface area contributed by atoms with Crippen LogP contribution in [0.2, 0.25) is 0 Å². The van der Waals surface area contributed by atoms with Crippen LogP contribution in [0.4, 0.5) is 8.78 Å². The molecule has 1 saturated heterocycles. The number of benzene rings is 2. The lowest BCUT2D eigenvalue weighted by Crippen LogP contribution is -2.35. The molecule has 3 rings (SSSR count). The fourth-order valence-corrected chi connectivity index (χ4v) is 3.38. The van der Waals surface area contributed by atoms with E-state index in [0.717, 1.165) is 51.3 Å². The summed E-state index contributed by atoms with van der Waals surface area (Å²) >= 11 is 0. The number of amides is 1. The molecule has 150 valence electrons. The number of carbonyl (C=O) groups is 1. The average molecular weight is 388 g/mol. The fraction of sp³-hybridized carbons (Fsp3) is 0.409. The van der Waals surface area contributed by atoms with Crippen LogP contribution in [0.3, 0.4) is 0 Å². The van der Waals surface area contributed by atoms with Gasteiger partial charge < -0.3 is 9.64 Å². The predicted molar refractivity (Wildman–Crippen MR) is 104 cm³/mol. The maximum Gasteiger partial charge on any atom is 0.222 e. The number of halogens is 2. The van der Waals surface area contributed by atoms with Gasteiger partial charge in [0.1, 0.15) is 5.82 Å². The van der Waals surface area contributed by atoms with Crippen molar-refractivity contribution in [3.63, 3.8) is 0 Å². The Morgan fingerprint density at radius 3 is 2.61 bits per heavy atom. The van der Waals surface area contributed by atoms with E-state index >= 15 is 0 Å². The van der Waals surface area contributed by atoms with E-state index in [9.17, 15) is 13.6 Å². The van der Waals surface area contributed by atoms with Crippen LogP contribution in [0, 0.1) is 11.6 Å². The molecular weight excluding hydrogens is 362 g/mol. The summed E-state index contributed by atoms with van der Waals surface area (Å²) in [4.78, 5) is 16.8. The highest BCUT2D eigenvalue weighted by atomic mass is 19.1. The van der Waals surface area contributed by atoms with Crippen LogP contribution in [-0.2, 0) is 11.3 Å². The Labute approximate surface area is 164 Å². The summed E-state index contributed by atoms with van der Waals surface area (Å²) in [6, 6.07) is 13.6. The summed E-state index contributed by atoms with van der Waals surface area (Å²) in [6.07, 6.45) is 1.82. The van der Waals surface area contributed by atoms with Crippen molar-refractivity contribution in [2.24, 2.45) is 0 Å². The molecule has 0 radical (unpaired) electrons. The predicted octanol–water partition coefficient (Wildman–Crippen LogP) is 3.86. The van der Waals surface area contributed by atoms with E-state index < -0.39 is 11.6 Å². The van der Waals surface area contributed by atoms with Gasteiger partial charge in [-0.25, -0.2) is 8.78 Å². The van der Waals surface area contributed by atoms with Gasteiger partial charge in [-0.1, -0.05) is 30.3 Å². The van der Waals surface area contributed by atoms with Gasteiger partial charge in [0, 0.05) is 45.2 Å². The third kappa shape index (κ3) is 6.02. The highest BCUT2D eigenvalue weighted by molar-refractivity contribution is 5.76. The van der Waals surface area contributed by atoms with E-state index in [4.69, 9.17) is 4.74 Å². The minimum Gasteiger partial charge on any atom is -0.491 e. The molecule has 1 amide bonds. The van der Waals surface area contributed by atoms with E-state index in [2.05, 4.69) is 17.0 Å². The highest BCUT2D eigenvalue weighted by Crippen LogP contribution is 2.18. The molecule has 0 unspecified atom stereocenters. The second kappa shape index (κ2) is 10.2. The Bertz CT molecular complexity index is 770. The topological polar surface area (TPSA) is 32.8 Å². The number of carbonyl (C=O) groups excluding carboxylic acids is 1. The Morgan fingerprint density at radius 2 is 1.82 bits per heavy atom. The fourth-order valence-electron chi connectivity index (χ4n) is 3.38. The van der Waals surface area contributed by atoms with E-state index in [0.29, 0.717) is 12.8 Å². The molecular formula is C22H26F2N2O2.